The Labute approximate surface area is 113 Å². The Morgan fingerprint density at radius 2 is 1.75 bits per heavy atom. The molecular formula is C11H15F3O6. The van der Waals surface area contributed by atoms with Crippen LogP contribution in [-0.4, -0.2) is 58.3 Å². The Bertz CT molecular complexity index is 340. The summed E-state index contributed by atoms with van der Waals surface area (Å²) in [5.41, 5.74) is -0.0790. The molecule has 0 bridgehead atoms. The molecule has 0 aromatic heterocycles. The maximum atomic E-state index is 11.7. The van der Waals surface area contributed by atoms with Crippen molar-refractivity contribution in [2.24, 2.45) is 0 Å². The van der Waals surface area contributed by atoms with Crippen molar-refractivity contribution in [2.45, 2.75) is 6.18 Å². The van der Waals surface area contributed by atoms with E-state index in [2.05, 4.69) is 16.1 Å². The SMILES string of the molecule is C=C(COCCOC)C(=O)OCC(=O)OCC(F)(F)F. The van der Waals surface area contributed by atoms with E-state index in [0.29, 0.717) is 6.61 Å². The number of methoxy groups -OCH3 is 1. The van der Waals surface area contributed by atoms with Crippen LogP contribution in [0.4, 0.5) is 13.2 Å². The minimum atomic E-state index is -4.63. The topological polar surface area (TPSA) is 71.1 Å². The maximum absolute atomic E-state index is 11.7. The monoisotopic (exact) mass is 300 g/mol. The first-order valence-electron chi connectivity index (χ1n) is 5.40. The van der Waals surface area contributed by atoms with Crippen LogP contribution in [0, 0.1) is 0 Å². The minimum absolute atomic E-state index is 0.0790. The van der Waals surface area contributed by atoms with Gasteiger partial charge >= 0.3 is 18.1 Å². The van der Waals surface area contributed by atoms with Gasteiger partial charge in [-0.05, 0) is 0 Å². The lowest BCUT2D eigenvalue weighted by Gasteiger charge is -2.09. The van der Waals surface area contributed by atoms with Crippen molar-refractivity contribution in [2.75, 3.05) is 40.1 Å². The third kappa shape index (κ3) is 10.3. The Hall–Kier alpha value is -1.61. The first-order chi connectivity index (χ1) is 9.26. The lowest BCUT2D eigenvalue weighted by Crippen LogP contribution is -2.24. The van der Waals surface area contributed by atoms with Crippen LogP contribution in [0.25, 0.3) is 0 Å². The number of hydrogen-bond acceptors (Lipinski definition) is 6. The predicted octanol–water partition coefficient (Wildman–Crippen LogP) is 0.854. The Morgan fingerprint density at radius 3 is 2.30 bits per heavy atom. The number of rotatable bonds is 9. The van der Waals surface area contributed by atoms with Gasteiger partial charge in [0.15, 0.2) is 13.2 Å². The van der Waals surface area contributed by atoms with Crippen molar-refractivity contribution >= 4 is 11.9 Å². The summed E-state index contributed by atoms with van der Waals surface area (Å²) < 4.78 is 53.0. The van der Waals surface area contributed by atoms with E-state index in [1.165, 1.54) is 7.11 Å². The van der Waals surface area contributed by atoms with Crippen LogP contribution in [0.2, 0.25) is 0 Å². The molecule has 20 heavy (non-hydrogen) atoms. The molecule has 0 amide bonds. The lowest BCUT2D eigenvalue weighted by atomic mass is 10.3. The smallest absolute Gasteiger partial charge is 0.422 e. The van der Waals surface area contributed by atoms with Crippen LogP contribution in [0.15, 0.2) is 12.2 Å². The highest BCUT2D eigenvalue weighted by atomic mass is 19.4. The number of alkyl halides is 3. The van der Waals surface area contributed by atoms with E-state index in [0.717, 1.165) is 0 Å². The second-order valence-corrected chi connectivity index (χ2v) is 3.50. The molecule has 0 aromatic carbocycles. The van der Waals surface area contributed by atoms with E-state index >= 15 is 0 Å². The average molecular weight is 300 g/mol. The van der Waals surface area contributed by atoms with Crippen LogP contribution in [0.3, 0.4) is 0 Å². The Kier molecular flexibility index (Phi) is 8.57. The van der Waals surface area contributed by atoms with Crippen LogP contribution in [0.5, 0.6) is 0 Å². The molecule has 0 radical (unpaired) electrons. The van der Waals surface area contributed by atoms with Crippen molar-refractivity contribution < 1.29 is 41.7 Å². The summed E-state index contributed by atoms with van der Waals surface area (Å²) in [6.45, 7) is 1.11. The fraction of sp³-hybridized carbons (Fsp3) is 0.636. The summed E-state index contributed by atoms with van der Waals surface area (Å²) >= 11 is 0. The maximum Gasteiger partial charge on any atom is 0.422 e. The van der Waals surface area contributed by atoms with E-state index < -0.39 is 31.3 Å². The third-order valence-corrected chi connectivity index (χ3v) is 1.71. The summed E-state index contributed by atoms with van der Waals surface area (Å²) in [7, 11) is 1.47. The molecule has 0 rings (SSSR count). The Morgan fingerprint density at radius 1 is 1.10 bits per heavy atom. The highest BCUT2D eigenvalue weighted by Gasteiger charge is 2.29. The zero-order chi connectivity index (χ0) is 15.6. The van der Waals surface area contributed by atoms with Gasteiger partial charge in [-0.25, -0.2) is 9.59 Å². The van der Waals surface area contributed by atoms with Gasteiger partial charge in [0.1, 0.15) is 0 Å². The fourth-order valence-corrected chi connectivity index (χ4v) is 0.827. The predicted molar refractivity (Wildman–Crippen MR) is 59.8 cm³/mol. The second-order valence-electron chi connectivity index (χ2n) is 3.50. The molecule has 0 atom stereocenters. The largest absolute Gasteiger partial charge is 0.454 e. The van der Waals surface area contributed by atoms with Gasteiger partial charge in [-0.2, -0.15) is 13.2 Å². The highest BCUT2D eigenvalue weighted by Crippen LogP contribution is 2.14. The number of ether oxygens (including phenoxy) is 4. The summed E-state index contributed by atoms with van der Waals surface area (Å²) in [6.07, 6.45) is -4.63. The second kappa shape index (κ2) is 9.32. The first-order valence-corrected chi connectivity index (χ1v) is 5.40. The number of esters is 2. The van der Waals surface area contributed by atoms with E-state index in [4.69, 9.17) is 9.47 Å². The molecule has 0 heterocycles. The van der Waals surface area contributed by atoms with Crippen molar-refractivity contribution in [1.82, 2.24) is 0 Å². The third-order valence-electron chi connectivity index (χ3n) is 1.71. The molecule has 0 aliphatic carbocycles. The average Bonchev–Trinajstić information content (AvgIpc) is 2.37. The van der Waals surface area contributed by atoms with E-state index in [-0.39, 0.29) is 18.8 Å². The summed E-state index contributed by atoms with van der Waals surface area (Å²) in [4.78, 5) is 22.1. The van der Waals surface area contributed by atoms with Crippen molar-refractivity contribution in [3.8, 4) is 0 Å². The zero-order valence-electron chi connectivity index (χ0n) is 10.8. The fourth-order valence-electron chi connectivity index (χ4n) is 0.827. The molecule has 0 aromatic rings. The molecule has 0 aliphatic heterocycles. The highest BCUT2D eigenvalue weighted by molar-refractivity contribution is 5.89. The van der Waals surface area contributed by atoms with Gasteiger partial charge in [0.25, 0.3) is 0 Å². The van der Waals surface area contributed by atoms with Gasteiger partial charge in [-0.15, -0.1) is 0 Å². The van der Waals surface area contributed by atoms with Crippen molar-refractivity contribution in [1.29, 1.82) is 0 Å². The summed E-state index contributed by atoms with van der Waals surface area (Å²) in [5, 5.41) is 0. The molecule has 0 spiro atoms. The normalized spacial score (nSPS) is 11.0. The molecule has 116 valence electrons. The van der Waals surface area contributed by atoms with Gasteiger partial charge in [0, 0.05) is 7.11 Å². The molecule has 0 saturated carbocycles. The zero-order valence-corrected chi connectivity index (χ0v) is 10.8. The van der Waals surface area contributed by atoms with E-state index in [1.807, 2.05) is 0 Å². The molecule has 9 heteroatoms. The first kappa shape index (κ1) is 18.4. The van der Waals surface area contributed by atoms with Crippen LogP contribution < -0.4 is 0 Å². The van der Waals surface area contributed by atoms with Crippen LogP contribution in [0.1, 0.15) is 0 Å². The molecule has 0 N–H and O–H groups in total. The standard InChI is InChI=1S/C11H15F3O6/c1-8(5-18-4-3-17-2)10(16)19-6-9(15)20-7-11(12,13)14/h1,3-7H2,2H3. The van der Waals surface area contributed by atoms with Crippen LogP contribution >= 0.6 is 0 Å². The van der Waals surface area contributed by atoms with E-state index in [9.17, 15) is 22.8 Å². The summed E-state index contributed by atoms with van der Waals surface area (Å²) in [6, 6.07) is 0. The molecular weight excluding hydrogens is 285 g/mol. The quantitative estimate of drug-likeness (QED) is 0.357. The van der Waals surface area contributed by atoms with Gasteiger partial charge in [0.2, 0.25) is 0 Å². The number of carbonyl (C=O) groups is 2. The molecule has 0 unspecified atom stereocenters. The van der Waals surface area contributed by atoms with E-state index in [1.54, 1.807) is 0 Å². The van der Waals surface area contributed by atoms with Crippen LogP contribution in [-0.2, 0) is 28.5 Å². The number of halogens is 3. The minimum Gasteiger partial charge on any atom is -0.454 e. The van der Waals surface area contributed by atoms with Gasteiger partial charge < -0.3 is 18.9 Å². The lowest BCUT2D eigenvalue weighted by molar-refractivity contribution is -0.189. The number of carbonyl (C=O) groups excluding carboxylic acids is 2. The molecule has 0 fully saturated rings. The molecule has 0 saturated heterocycles. The van der Waals surface area contributed by atoms with Crippen molar-refractivity contribution in [3.63, 3.8) is 0 Å². The molecule has 0 aliphatic rings. The molecule has 6 nitrogen and oxygen atoms in total. The number of hydrogen-bond donors (Lipinski definition) is 0. The van der Waals surface area contributed by atoms with Gasteiger partial charge in [-0.1, -0.05) is 6.58 Å². The van der Waals surface area contributed by atoms with Crippen molar-refractivity contribution in [3.05, 3.63) is 12.2 Å². The van der Waals surface area contributed by atoms with Gasteiger partial charge in [0.05, 0.1) is 25.4 Å². The summed E-state index contributed by atoms with van der Waals surface area (Å²) in [5.74, 6) is -2.25. The Balaban J connectivity index is 3.80. The van der Waals surface area contributed by atoms with Gasteiger partial charge in [-0.3, -0.25) is 0 Å².